The van der Waals surface area contributed by atoms with Crippen molar-refractivity contribution in [2.24, 2.45) is 5.41 Å². The minimum atomic E-state index is -0.0818. The van der Waals surface area contributed by atoms with Gasteiger partial charge in [0, 0.05) is 31.2 Å². The van der Waals surface area contributed by atoms with Gasteiger partial charge in [0.05, 0.1) is 11.7 Å². The lowest BCUT2D eigenvalue weighted by Crippen LogP contribution is -2.62. The van der Waals surface area contributed by atoms with Crippen LogP contribution in [0.1, 0.15) is 48.0 Å². The fourth-order valence-electron chi connectivity index (χ4n) is 2.53. The van der Waals surface area contributed by atoms with Gasteiger partial charge in [-0.05, 0) is 34.1 Å². The summed E-state index contributed by atoms with van der Waals surface area (Å²) in [6.45, 7) is 15.4. The first-order valence-electron chi connectivity index (χ1n) is 6.82. The van der Waals surface area contributed by atoms with Gasteiger partial charge < -0.3 is 14.8 Å². The Morgan fingerprint density at radius 1 is 1.24 bits per heavy atom. The highest BCUT2D eigenvalue weighted by Gasteiger charge is 2.48. The molecule has 3 heteroatoms. The minimum Gasteiger partial charge on any atom is -0.378 e. The topological polar surface area (TPSA) is 30.5 Å². The van der Waals surface area contributed by atoms with E-state index in [9.17, 15) is 0 Å². The SMILES string of the molecule is CCOC1CC(NCC(C)(C)OCC)C1(C)C. The third kappa shape index (κ3) is 3.67. The largest absolute Gasteiger partial charge is 0.378 e. The van der Waals surface area contributed by atoms with Crippen molar-refractivity contribution in [3.05, 3.63) is 0 Å². The first kappa shape index (κ1) is 14.9. The van der Waals surface area contributed by atoms with Gasteiger partial charge in [0.15, 0.2) is 0 Å². The molecule has 1 N–H and O–H groups in total. The standard InChI is InChI=1S/C14H29NO2/c1-7-16-12-9-11(14(12,5)6)15-10-13(3,4)17-8-2/h11-12,15H,7-10H2,1-6H3. The molecule has 0 saturated heterocycles. The second kappa shape index (κ2) is 5.68. The molecule has 0 aromatic heterocycles. The molecule has 102 valence electrons. The lowest BCUT2D eigenvalue weighted by atomic mass is 9.64. The van der Waals surface area contributed by atoms with E-state index < -0.39 is 0 Å². The highest BCUT2D eigenvalue weighted by atomic mass is 16.5. The second-order valence-electron chi connectivity index (χ2n) is 6.13. The summed E-state index contributed by atoms with van der Waals surface area (Å²) in [6.07, 6.45) is 1.52. The lowest BCUT2D eigenvalue weighted by Gasteiger charge is -2.52. The average molecular weight is 243 g/mol. The van der Waals surface area contributed by atoms with E-state index in [4.69, 9.17) is 9.47 Å². The fraction of sp³-hybridized carbons (Fsp3) is 1.00. The summed E-state index contributed by atoms with van der Waals surface area (Å²) in [5.41, 5.74) is 0.153. The summed E-state index contributed by atoms with van der Waals surface area (Å²) in [6, 6.07) is 0.541. The van der Waals surface area contributed by atoms with Gasteiger partial charge in [-0.1, -0.05) is 13.8 Å². The number of ether oxygens (including phenoxy) is 2. The van der Waals surface area contributed by atoms with Crippen molar-refractivity contribution < 1.29 is 9.47 Å². The molecule has 0 bridgehead atoms. The first-order valence-corrected chi connectivity index (χ1v) is 6.82. The Morgan fingerprint density at radius 3 is 2.35 bits per heavy atom. The summed E-state index contributed by atoms with van der Waals surface area (Å²) in [5.74, 6) is 0. The molecule has 0 aliphatic heterocycles. The summed E-state index contributed by atoms with van der Waals surface area (Å²) < 4.78 is 11.4. The van der Waals surface area contributed by atoms with E-state index >= 15 is 0 Å². The third-order valence-corrected chi connectivity index (χ3v) is 3.85. The molecule has 1 saturated carbocycles. The number of rotatable bonds is 7. The van der Waals surface area contributed by atoms with Gasteiger partial charge in [-0.25, -0.2) is 0 Å². The van der Waals surface area contributed by atoms with E-state index in [1.54, 1.807) is 0 Å². The molecule has 3 nitrogen and oxygen atoms in total. The summed E-state index contributed by atoms with van der Waals surface area (Å²) >= 11 is 0. The van der Waals surface area contributed by atoms with Crippen LogP contribution in [0.5, 0.6) is 0 Å². The van der Waals surface area contributed by atoms with Crippen molar-refractivity contribution in [1.82, 2.24) is 5.32 Å². The number of hydrogen-bond donors (Lipinski definition) is 1. The molecule has 1 aliphatic carbocycles. The molecule has 0 aromatic rings. The summed E-state index contributed by atoms with van der Waals surface area (Å²) in [7, 11) is 0. The Morgan fingerprint density at radius 2 is 1.88 bits per heavy atom. The van der Waals surface area contributed by atoms with Crippen LogP contribution in [0.2, 0.25) is 0 Å². The van der Waals surface area contributed by atoms with Crippen LogP contribution in [0.3, 0.4) is 0 Å². The van der Waals surface area contributed by atoms with Gasteiger partial charge in [-0.2, -0.15) is 0 Å². The van der Waals surface area contributed by atoms with Crippen LogP contribution < -0.4 is 5.32 Å². The van der Waals surface area contributed by atoms with E-state index in [0.29, 0.717) is 12.1 Å². The molecule has 1 rings (SSSR count). The van der Waals surface area contributed by atoms with E-state index in [2.05, 4.69) is 39.9 Å². The van der Waals surface area contributed by atoms with Gasteiger partial charge >= 0.3 is 0 Å². The highest BCUT2D eigenvalue weighted by molar-refractivity contribution is 5.03. The van der Waals surface area contributed by atoms with Crippen LogP contribution in [0.25, 0.3) is 0 Å². The predicted octanol–water partition coefficient (Wildman–Crippen LogP) is 2.59. The van der Waals surface area contributed by atoms with E-state index in [-0.39, 0.29) is 11.0 Å². The van der Waals surface area contributed by atoms with Crippen LogP contribution in [0.4, 0.5) is 0 Å². The Hall–Kier alpha value is -0.120. The molecule has 17 heavy (non-hydrogen) atoms. The monoisotopic (exact) mass is 243 g/mol. The molecule has 0 radical (unpaired) electrons. The first-order chi connectivity index (χ1) is 7.83. The Bertz CT molecular complexity index is 238. The molecule has 0 amide bonds. The number of nitrogens with one attached hydrogen (secondary N) is 1. The molecule has 2 unspecified atom stereocenters. The van der Waals surface area contributed by atoms with Crippen LogP contribution in [0.15, 0.2) is 0 Å². The zero-order chi connectivity index (χ0) is 13.1. The van der Waals surface area contributed by atoms with Crippen molar-refractivity contribution in [2.75, 3.05) is 19.8 Å². The van der Waals surface area contributed by atoms with Crippen molar-refractivity contribution in [3.63, 3.8) is 0 Å². The molecular formula is C14H29NO2. The Kier molecular flexibility index (Phi) is 4.99. The lowest BCUT2D eigenvalue weighted by molar-refractivity contribution is -0.119. The Labute approximate surface area is 106 Å². The van der Waals surface area contributed by atoms with Gasteiger partial charge in [0.1, 0.15) is 0 Å². The number of hydrogen-bond acceptors (Lipinski definition) is 3. The fourth-order valence-corrected chi connectivity index (χ4v) is 2.53. The van der Waals surface area contributed by atoms with Gasteiger partial charge in [0.2, 0.25) is 0 Å². The van der Waals surface area contributed by atoms with Crippen LogP contribution in [0, 0.1) is 5.41 Å². The third-order valence-electron chi connectivity index (χ3n) is 3.85. The van der Waals surface area contributed by atoms with Crippen molar-refractivity contribution in [3.8, 4) is 0 Å². The van der Waals surface area contributed by atoms with E-state index in [0.717, 1.165) is 26.2 Å². The maximum atomic E-state index is 5.73. The zero-order valence-electron chi connectivity index (χ0n) is 12.3. The molecule has 0 spiro atoms. The molecular weight excluding hydrogens is 214 g/mol. The zero-order valence-corrected chi connectivity index (χ0v) is 12.3. The molecule has 2 atom stereocenters. The van der Waals surface area contributed by atoms with E-state index in [1.165, 1.54) is 0 Å². The van der Waals surface area contributed by atoms with Crippen molar-refractivity contribution in [1.29, 1.82) is 0 Å². The predicted molar refractivity (Wildman–Crippen MR) is 71.3 cm³/mol. The van der Waals surface area contributed by atoms with E-state index in [1.807, 2.05) is 6.92 Å². The Balaban J connectivity index is 2.35. The van der Waals surface area contributed by atoms with Gasteiger partial charge in [0.25, 0.3) is 0 Å². The van der Waals surface area contributed by atoms with Crippen molar-refractivity contribution in [2.45, 2.75) is 65.7 Å². The van der Waals surface area contributed by atoms with Crippen molar-refractivity contribution >= 4 is 0 Å². The van der Waals surface area contributed by atoms with Crippen LogP contribution in [-0.4, -0.2) is 37.5 Å². The molecule has 0 aromatic carbocycles. The normalized spacial score (nSPS) is 27.9. The van der Waals surface area contributed by atoms with Gasteiger partial charge in [-0.15, -0.1) is 0 Å². The van der Waals surface area contributed by atoms with Crippen LogP contribution in [-0.2, 0) is 9.47 Å². The molecule has 1 aliphatic rings. The summed E-state index contributed by atoms with van der Waals surface area (Å²) in [4.78, 5) is 0. The maximum absolute atomic E-state index is 5.73. The van der Waals surface area contributed by atoms with Crippen LogP contribution >= 0.6 is 0 Å². The minimum absolute atomic E-state index is 0.0818. The maximum Gasteiger partial charge on any atom is 0.0750 e. The van der Waals surface area contributed by atoms with Gasteiger partial charge in [-0.3, -0.25) is 0 Å². The average Bonchev–Trinajstić information content (AvgIpc) is 2.22. The smallest absolute Gasteiger partial charge is 0.0750 e. The quantitative estimate of drug-likeness (QED) is 0.745. The second-order valence-corrected chi connectivity index (χ2v) is 6.13. The molecule has 1 fully saturated rings. The summed E-state index contributed by atoms with van der Waals surface area (Å²) in [5, 5.41) is 3.62. The molecule has 0 heterocycles. The highest BCUT2D eigenvalue weighted by Crippen LogP contribution is 2.42.